The summed E-state index contributed by atoms with van der Waals surface area (Å²) in [5.41, 5.74) is 0.585. The van der Waals surface area contributed by atoms with Crippen LogP contribution in [0.15, 0.2) is 47.4 Å². The van der Waals surface area contributed by atoms with Crippen molar-refractivity contribution in [3.05, 3.63) is 57.8 Å². The first kappa shape index (κ1) is 21.5. The number of morpholine rings is 1. The fourth-order valence-electron chi connectivity index (χ4n) is 3.98. The molecule has 1 N–H and O–H groups in total. The Morgan fingerprint density at radius 2 is 2.00 bits per heavy atom. The molecular weight excluding hydrogens is 416 g/mol. The van der Waals surface area contributed by atoms with Crippen LogP contribution < -0.4 is 4.74 Å². The van der Waals surface area contributed by atoms with Crippen LogP contribution in [0.2, 0.25) is 0 Å². The van der Waals surface area contributed by atoms with Gasteiger partial charge in [-0.15, -0.1) is 11.3 Å². The fraction of sp³-hybridized carbons (Fsp3) is 0.391. The Labute approximate surface area is 185 Å². The number of carbonyl (C=O) groups excluding carboxylic acids is 2. The molecule has 31 heavy (non-hydrogen) atoms. The summed E-state index contributed by atoms with van der Waals surface area (Å²) in [4.78, 5) is 30.7. The number of hydrogen-bond acceptors (Lipinski definition) is 7. The molecule has 8 heteroatoms. The van der Waals surface area contributed by atoms with Gasteiger partial charge in [-0.3, -0.25) is 14.5 Å². The molecule has 1 aromatic carbocycles. The van der Waals surface area contributed by atoms with Gasteiger partial charge in [-0.25, -0.2) is 0 Å². The van der Waals surface area contributed by atoms with Crippen molar-refractivity contribution in [3.8, 4) is 5.75 Å². The highest BCUT2D eigenvalue weighted by molar-refractivity contribution is 7.10. The number of benzene rings is 1. The topological polar surface area (TPSA) is 79.3 Å². The molecule has 2 aliphatic rings. The standard InChI is InChI=1S/C23H26N2O5S/c1-2-30-17-6-3-5-16(15-17)21(26)19-20(18-7-4-14-31-18)25(23(28)22(19)27)9-8-24-10-12-29-13-11-24/h3-7,14-15,20,26H,2,8-13H2,1H3/t20-/m1/s1. The lowest BCUT2D eigenvalue weighted by Crippen LogP contribution is -2.42. The Morgan fingerprint density at radius 1 is 1.19 bits per heavy atom. The maximum atomic E-state index is 13.0. The second kappa shape index (κ2) is 9.64. The predicted octanol–water partition coefficient (Wildman–Crippen LogP) is 2.90. The van der Waals surface area contributed by atoms with E-state index in [0.29, 0.717) is 44.2 Å². The molecule has 7 nitrogen and oxygen atoms in total. The van der Waals surface area contributed by atoms with E-state index in [9.17, 15) is 14.7 Å². The van der Waals surface area contributed by atoms with E-state index in [2.05, 4.69) is 4.90 Å². The average Bonchev–Trinajstić information content (AvgIpc) is 3.40. The highest BCUT2D eigenvalue weighted by atomic mass is 32.1. The number of ether oxygens (including phenoxy) is 2. The van der Waals surface area contributed by atoms with Crippen molar-refractivity contribution in [2.45, 2.75) is 13.0 Å². The molecule has 0 bridgehead atoms. The maximum absolute atomic E-state index is 13.0. The number of aliphatic hydroxyl groups excluding tert-OH is 1. The lowest BCUT2D eigenvalue weighted by molar-refractivity contribution is -0.140. The summed E-state index contributed by atoms with van der Waals surface area (Å²) >= 11 is 1.47. The van der Waals surface area contributed by atoms with Crippen LogP contribution in [0.5, 0.6) is 5.75 Å². The summed E-state index contributed by atoms with van der Waals surface area (Å²) < 4.78 is 10.9. The molecule has 0 aliphatic carbocycles. The van der Waals surface area contributed by atoms with Gasteiger partial charge in [-0.2, -0.15) is 0 Å². The van der Waals surface area contributed by atoms with E-state index in [1.54, 1.807) is 29.2 Å². The first-order chi connectivity index (χ1) is 15.1. The van der Waals surface area contributed by atoms with Crippen LogP contribution in [0.25, 0.3) is 5.76 Å². The van der Waals surface area contributed by atoms with Crippen molar-refractivity contribution in [2.24, 2.45) is 0 Å². The number of amides is 1. The molecule has 4 rings (SSSR count). The lowest BCUT2D eigenvalue weighted by atomic mass is 9.99. The van der Waals surface area contributed by atoms with Crippen LogP contribution in [0.1, 0.15) is 23.4 Å². The SMILES string of the molecule is CCOc1cccc(C(O)=C2C(=O)C(=O)N(CCN3CCOCC3)[C@@H]2c2cccs2)c1. The highest BCUT2D eigenvalue weighted by Crippen LogP contribution is 2.41. The van der Waals surface area contributed by atoms with Crippen molar-refractivity contribution in [3.63, 3.8) is 0 Å². The Bertz CT molecular complexity index is 966. The first-order valence-electron chi connectivity index (χ1n) is 10.4. The molecule has 1 aromatic heterocycles. The van der Waals surface area contributed by atoms with E-state index < -0.39 is 17.7 Å². The van der Waals surface area contributed by atoms with E-state index in [0.717, 1.165) is 18.0 Å². The molecule has 1 atom stereocenters. The van der Waals surface area contributed by atoms with Crippen LogP contribution in [0.4, 0.5) is 0 Å². The van der Waals surface area contributed by atoms with Crippen molar-refractivity contribution in [1.29, 1.82) is 0 Å². The van der Waals surface area contributed by atoms with E-state index in [4.69, 9.17) is 9.47 Å². The summed E-state index contributed by atoms with van der Waals surface area (Å²) in [6.45, 7) is 6.37. The number of carbonyl (C=O) groups is 2. The third-order valence-corrected chi connectivity index (χ3v) is 6.46. The lowest BCUT2D eigenvalue weighted by Gasteiger charge is -2.30. The molecule has 0 saturated carbocycles. The van der Waals surface area contributed by atoms with Crippen LogP contribution >= 0.6 is 11.3 Å². The van der Waals surface area contributed by atoms with Gasteiger partial charge in [-0.1, -0.05) is 18.2 Å². The Kier molecular flexibility index (Phi) is 6.70. The monoisotopic (exact) mass is 442 g/mol. The second-order valence-corrected chi connectivity index (χ2v) is 8.40. The molecule has 2 aliphatic heterocycles. The summed E-state index contributed by atoms with van der Waals surface area (Å²) in [5, 5.41) is 13.0. The van der Waals surface area contributed by atoms with Gasteiger partial charge in [0.25, 0.3) is 11.7 Å². The molecule has 2 aromatic rings. The maximum Gasteiger partial charge on any atom is 0.295 e. The quantitative estimate of drug-likeness (QED) is 0.404. The van der Waals surface area contributed by atoms with Crippen molar-refractivity contribution in [1.82, 2.24) is 9.80 Å². The summed E-state index contributed by atoms with van der Waals surface area (Å²) in [6.07, 6.45) is 0. The zero-order valence-corrected chi connectivity index (χ0v) is 18.3. The summed E-state index contributed by atoms with van der Waals surface area (Å²) in [7, 11) is 0. The number of nitrogens with zero attached hydrogens (tertiary/aromatic N) is 2. The average molecular weight is 443 g/mol. The van der Waals surface area contributed by atoms with Gasteiger partial charge in [0, 0.05) is 36.6 Å². The Balaban J connectivity index is 1.68. The first-order valence-corrected chi connectivity index (χ1v) is 11.3. The van der Waals surface area contributed by atoms with Gasteiger partial charge in [0.2, 0.25) is 0 Å². The van der Waals surface area contributed by atoms with Crippen molar-refractivity contribution >= 4 is 28.8 Å². The molecule has 1 amide bonds. The van der Waals surface area contributed by atoms with Crippen molar-refractivity contribution < 1.29 is 24.2 Å². The third kappa shape index (κ3) is 4.51. The minimum Gasteiger partial charge on any atom is -0.507 e. The molecule has 2 fully saturated rings. The van der Waals surface area contributed by atoms with Gasteiger partial charge < -0.3 is 19.5 Å². The number of thiophene rings is 1. The predicted molar refractivity (Wildman–Crippen MR) is 118 cm³/mol. The number of ketones is 1. The van der Waals surface area contributed by atoms with Crippen molar-refractivity contribution in [2.75, 3.05) is 46.0 Å². The Morgan fingerprint density at radius 3 is 2.71 bits per heavy atom. The molecule has 0 radical (unpaired) electrons. The van der Waals surface area contributed by atoms with E-state index in [-0.39, 0.29) is 11.3 Å². The van der Waals surface area contributed by atoms with Gasteiger partial charge in [0.05, 0.1) is 31.4 Å². The van der Waals surface area contributed by atoms with Gasteiger partial charge in [-0.05, 0) is 30.5 Å². The third-order valence-electron chi connectivity index (χ3n) is 5.53. The van der Waals surface area contributed by atoms with Crippen LogP contribution in [-0.4, -0.2) is 72.6 Å². The number of rotatable bonds is 7. The highest BCUT2D eigenvalue weighted by Gasteiger charge is 2.46. The van der Waals surface area contributed by atoms with Crippen LogP contribution in [0, 0.1) is 0 Å². The molecule has 0 spiro atoms. The molecular formula is C23H26N2O5S. The largest absolute Gasteiger partial charge is 0.507 e. The minimum absolute atomic E-state index is 0.128. The number of Topliss-reactive ketones (excluding diaryl/α,β-unsaturated/α-hetero) is 1. The van der Waals surface area contributed by atoms with Crippen LogP contribution in [0.3, 0.4) is 0 Å². The van der Waals surface area contributed by atoms with Crippen LogP contribution in [-0.2, 0) is 14.3 Å². The molecule has 2 saturated heterocycles. The fourth-order valence-corrected chi connectivity index (χ4v) is 4.83. The normalized spacial score (nSPS) is 21.6. The smallest absolute Gasteiger partial charge is 0.295 e. The van der Waals surface area contributed by atoms with Gasteiger partial charge >= 0.3 is 0 Å². The molecule has 0 unspecified atom stereocenters. The zero-order valence-electron chi connectivity index (χ0n) is 17.5. The summed E-state index contributed by atoms with van der Waals surface area (Å²) in [5.74, 6) is -0.804. The number of hydrogen-bond donors (Lipinski definition) is 1. The minimum atomic E-state index is -0.653. The molecule has 164 valence electrons. The second-order valence-electron chi connectivity index (χ2n) is 7.42. The van der Waals surface area contributed by atoms with E-state index in [1.165, 1.54) is 11.3 Å². The Hall–Kier alpha value is -2.68. The van der Waals surface area contributed by atoms with Gasteiger partial charge in [0.1, 0.15) is 11.5 Å². The zero-order chi connectivity index (χ0) is 21.8. The van der Waals surface area contributed by atoms with E-state index in [1.807, 2.05) is 24.4 Å². The number of aliphatic hydroxyl groups is 1. The summed E-state index contributed by atoms with van der Waals surface area (Å²) in [6, 6.07) is 10.1. The molecule has 3 heterocycles. The van der Waals surface area contributed by atoms with E-state index >= 15 is 0 Å². The number of likely N-dealkylation sites (tertiary alicyclic amines) is 1. The van der Waals surface area contributed by atoms with Gasteiger partial charge in [0.15, 0.2) is 0 Å².